The summed E-state index contributed by atoms with van der Waals surface area (Å²) in [6.45, 7) is -0.0866. The lowest BCUT2D eigenvalue weighted by Crippen LogP contribution is -2.24. The number of cyclic esters (lactones) is 1. The Kier molecular flexibility index (Phi) is 2.60. The first-order valence-corrected chi connectivity index (χ1v) is 4.75. The van der Waals surface area contributed by atoms with Gasteiger partial charge in [-0.05, 0) is 11.6 Å². The summed E-state index contributed by atoms with van der Waals surface area (Å²) in [5.41, 5.74) is 0.209. The Morgan fingerprint density at radius 2 is 2.12 bits per heavy atom. The van der Waals surface area contributed by atoms with Crippen LogP contribution in [0.5, 0.6) is 0 Å². The van der Waals surface area contributed by atoms with E-state index >= 15 is 0 Å². The van der Waals surface area contributed by atoms with Gasteiger partial charge >= 0.3 is 11.9 Å². The van der Waals surface area contributed by atoms with Gasteiger partial charge in [0.25, 0.3) is 0 Å². The summed E-state index contributed by atoms with van der Waals surface area (Å²) in [5, 5.41) is 8.88. The zero-order valence-corrected chi connectivity index (χ0v) is 8.22. The van der Waals surface area contributed by atoms with E-state index < -0.39 is 29.6 Å². The van der Waals surface area contributed by atoms with E-state index in [1.165, 1.54) is 18.2 Å². The van der Waals surface area contributed by atoms with E-state index in [2.05, 4.69) is 4.74 Å². The number of aliphatic carboxylic acids is 1. The van der Waals surface area contributed by atoms with Crippen LogP contribution >= 0.6 is 0 Å². The van der Waals surface area contributed by atoms with Gasteiger partial charge in [0.15, 0.2) is 5.92 Å². The third-order valence-corrected chi connectivity index (χ3v) is 2.63. The number of halogens is 1. The Bertz CT molecular complexity index is 443. The van der Waals surface area contributed by atoms with Gasteiger partial charge in [0.1, 0.15) is 5.82 Å². The number of hydrogen-bond acceptors (Lipinski definition) is 3. The Morgan fingerprint density at radius 3 is 2.75 bits per heavy atom. The highest BCUT2D eigenvalue weighted by atomic mass is 19.1. The highest BCUT2D eigenvalue weighted by Gasteiger charge is 2.44. The maximum Gasteiger partial charge on any atom is 0.321 e. The molecule has 5 heteroatoms. The molecule has 0 bridgehead atoms. The number of ether oxygens (including phenoxy) is 1. The summed E-state index contributed by atoms with van der Waals surface area (Å²) in [6.07, 6.45) is 0. The highest BCUT2D eigenvalue weighted by Crippen LogP contribution is 2.33. The fraction of sp³-hybridized carbons (Fsp3) is 0.273. The molecule has 1 aliphatic heterocycles. The minimum Gasteiger partial charge on any atom is -0.481 e. The molecule has 1 aromatic rings. The summed E-state index contributed by atoms with van der Waals surface area (Å²) in [4.78, 5) is 22.1. The van der Waals surface area contributed by atoms with Crippen LogP contribution in [-0.2, 0) is 14.3 Å². The van der Waals surface area contributed by atoms with Crippen molar-refractivity contribution in [1.82, 2.24) is 0 Å². The molecule has 1 aliphatic rings. The smallest absolute Gasteiger partial charge is 0.321 e. The van der Waals surface area contributed by atoms with Gasteiger partial charge in [0.2, 0.25) is 0 Å². The number of carbonyl (C=O) groups is 2. The number of esters is 1. The van der Waals surface area contributed by atoms with Crippen LogP contribution in [0.4, 0.5) is 4.39 Å². The van der Waals surface area contributed by atoms with Crippen LogP contribution in [0.2, 0.25) is 0 Å². The second-order valence-electron chi connectivity index (χ2n) is 3.57. The molecule has 16 heavy (non-hydrogen) atoms. The van der Waals surface area contributed by atoms with Gasteiger partial charge in [-0.1, -0.05) is 18.2 Å². The molecule has 0 amide bonds. The Balaban J connectivity index is 2.38. The number of benzene rings is 1. The zero-order chi connectivity index (χ0) is 11.7. The van der Waals surface area contributed by atoms with Gasteiger partial charge < -0.3 is 9.84 Å². The number of rotatable bonds is 2. The van der Waals surface area contributed by atoms with Crippen molar-refractivity contribution in [2.45, 2.75) is 5.92 Å². The average molecular weight is 224 g/mol. The molecule has 0 radical (unpaired) electrons. The van der Waals surface area contributed by atoms with E-state index in [0.29, 0.717) is 0 Å². The number of carboxylic acids is 1. The lowest BCUT2D eigenvalue weighted by atomic mass is 9.88. The maximum absolute atomic E-state index is 13.4. The van der Waals surface area contributed by atoms with Crippen molar-refractivity contribution in [3.8, 4) is 0 Å². The number of hydrogen-bond donors (Lipinski definition) is 1. The molecule has 2 atom stereocenters. The predicted molar refractivity (Wildman–Crippen MR) is 51.2 cm³/mol. The first-order valence-electron chi connectivity index (χ1n) is 4.75. The third-order valence-electron chi connectivity index (χ3n) is 2.63. The van der Waals surface area contributed by atoms with Crippen LogP contribution in [-0.4, -0.2) is 23.7 Å². The number of carbonyl (C=O) groups excluding carboxylic acids is 1. The van der Waals surface area contributed by atoms with Crippen LogP contribution in [0.15, 0.2) is 24.3 Å². The van der Waals surface area contributed by atoms with E-state index in [9.17, 15) is 14.0 Å². The lowest BCUT2D eigenvalue weighted by molar-refractivity contribution is -0.152. The molecule has 2 rings (SSSR count). The second kappa shape index (κ2) is 3.92. The van der Waals surface area contributed by atoms with Crippen LogP contribution in [0, 0.1) is 11.7 Å². The van der Waals surface area contributed by atoms with Gasteiger partial charge in [0.05, 0.1) is 6.61 Å². The molecule has 1 N–H and O–H groups in total. The van der Waals surface area contributed by atoms with Gasteiger partial charge in [-0.25, -0.2) is 4.39 Å². The van der Waals surface area contributed by atoms with Crippen molar-refractivity contribution in [1.29, 1.82) is 0 Å². The largest absolute Gasteiger partial charge is 0.481 e. The van der Waals surface area contributed by atoms with E-state index in [1.807, 2.05) is 0 Å². The summed E-state index contributed by atoms with van der Waals surface area (Å²) < 4.78 is 18.1. The summed E-state index contributed by atoms with van der Waals surface area (Å²) in [5.74, 6) is -4.66. The van der Waals surface area contributed by atoms with Crippen LogP contribution in [0.3, 0.4) is 0 Å². The van der Waals surface area contributed by atoms with Crippen LogP contribution in [0.1, 0.15) is 11.5 Å². The van der Waals surface area contributed by atoms with Crippen molar-refractivity contribution in [3.05, 3.63) is 35.6 Å². The Labute approximate surface area is 90.6 Å². The van der Waals surface area contributed by atoms with Crippen molar-refractivity contribution in [2.75, 3.05) is 6.61 Å². The molecule has 1 saturated heterocycles. The van der Waals surface area contributed by atoms with Gasteiger partial charge in [-0.15, -0.1) is 0 Å². The standard InChI is InChI=1S/C11H9FO4/c12-8-4-2-1-3-6(8)7-5-16-11(15)9(7)10(13)14/h1-4,7,9H,5H2,(H,13,14)/t7-,9-/m0/s1. The first-order chi connectivity index (χ1) is 7.61. The molecular formula is C11H9FO4. The van der Waals surface area contributed by atoms with E-state index in [1.54, 1.807) is 6.07 Å². The van der Waals surface area contributed by atoms with Crippen molar-refractivity contribution >= 4 is 11.9 Å². The van der Waals surface area contributed by atoms with E-state index in [4.69, 9.17) is 5.11 Å². The zero-order valence-electron chi connectivity index (χ0n) is 8.22. The minimum absolute atomic E-state index is 0.0866. The fourth-order valence-corrected chi connectivity index (χ4v) is 1.84. The van der Waals surface area contributed by atoms with Crippen LogP contribution in [0.25, 0.3) is 0 Å². The molecule has 1 heterocycles. The summed E-state index contributed by atoms with van der Waals surface area (Å²) in [7, 11) is 0. The normalized spacial score (nSPS) is 24.2. The molecule has 1 aromatic carbocycles. The quantitative estimate of drug-likeness (QED) is 0.605. The minimum atomic E-state index is -1.31. The maximum atomic E-state index is 13.4. The first kappa shape index (κ1) is 10.6. The molecule has 0 aliphatic carbocycles. The Hall–Kier alpha value is -1.91. The number of carboxylic acid groups (broad SMARTS) is 1. The summed E-state index contributed by atoms with van der Waals surface area (Å²) in [6, 6.07) is 5.81. The summed E-state index contributed by atoms with van der Waals surface area (Å²) >= 11 is 0. The Morgan fingerprint density at radius 1 is 1.44 bits per heavy atom. The van der Waals surface area contributed by atoms with Gasteiger partial charge in [0, 0.05) is 5.92 Å². The molecule has 0 unspecified atom stereocenters. The van der Waals surface area contributed by atoms with Crippen LogP contribution < -0.4 is 0 Å². The highest BCUT2D eigenvalue weighted by molar-refractivity contribution is 5.96. The molecule has 0 aromatic heterocycles. The van der Waals surface area contributed by atoms with Crippen molar-refractivity contribution in [2.24, 2.45) is 5.92 Å². The molecule has 1 fully saturated rings. The van der Waals surface area contributed by atoms with E-state index in [-0.39, 0.29) is 12.2 Å². The topological polar surface area (TPSA) is 63.6 Å². The third kappa shape index (κ3) is 1.64. The molecule has 0 spiro atoms. The fourth-order valence-electron chi connectivity index (χ4n) is 1.84. The SMILES string of the molecule is O=C(O)[C@H]1C(=O)OC[C@H]1c1ccccc1F. The second-order valence-corrected chi connectivity index (χ2v) is 3.57. The van der Waals surface area contributed by atoms with Gasteiger partial charge in [-0.2, -0.15) is 0 Å². The molecule has 4 nitrogen and oxygen atoms in total. The molecule has 0 saturated carbocycles. The average Bonchev–Trinajstić information content (AvgIpc) is 2.61. The predicted octanol–water partition coefficient (Wildman–Crippen LogP) is 1.17. The van der Waals surface area contributed by atoms with Crippen molar-refractivity contribution < 1.29 is 23.8 Å². The lowest BCUT2D eigenvalue weighted by Gasteiger charge is -2.12. The van der Waals surface area contributed by atoms with Crippen molar-refractivity contribution in [3.63, 3.8) is 0 Å². The van der Waals surface area contributed by atoms with E-state index in [0.717, 1.165) is 0 Å². The monoisotopic (exact) mass is 224 g/mol. The molecular weight excluding hydrogens is 215 g/mol. The molecule has 84 valence electrons. The van der Waals surface area contributed by atoms with Gasteiger partial charge in [-0.3, -0.25) is 9.59 Å².